The molecule has 0 bridgehead atoms. The van der Waals surface area contributed by atoms with E-state index >= 15 is 0 Å². The summed E-state index contributed by atoms with van der Waals surface area (Å²) in [7, 11) is 0. The Hall–Kier alpha value is -1.35. The van der Waals surface area contributed by atoms with Crippen molar-refractivity contribution in [3.8, 4) is 0 Å². The number of carbonyl (C=O) groups excluding carboxylic acids is 1. The van der Waals surface area contributed by atoms with Crippen molar-refractivity contribution in [3.63, 3.8) is 0 Å². The number of amides is 1. The minimum absolute atomic E-state index is 0.0613. The highest BCUT2D eigenvalue weighted by atomic mass is 16.2. The Labute approximate surface area is 121 Å². The molecule has 3 rings (SSSR count). The predicted octanol–water partition coefficient (Wildman–Crippen LogP) is 3.18. The van der Waals surface area contributed by atoms with Gasteiger partial charge in [0.1, 0.15) is 11.7 Å². The van der Waals surface area contributed by atoms with Gasteiger partial charge in [0.15, 0.2) is 0 Å². The third-order valence-electron chi connectivity index (χ3n) is 4.53. The van der Waals surface area contributed by atoms with Gasteiger partial charge in [0.05, 0.1) is 0 Å². The number of rotatable bonds is 4. The van der Waals surface area contributed by atoms with Gasteiger partial charge in [-0.15, -0.1) is 0 Å². The molecule has 1 aromatic carbocycles. The molecular formula is C17H24N2O. The lowest BCUT2D eigenvalue weighted by Gasteiger charge is -2.24. The van der Waals surface area contributed by atoms with Crippen LogP contribution in [0.4, 0.5) is 0 Å². The maximum absolute atomic E-state index is 12.5. The lowest BCUT2D eigenvalue weighted by atomic mass is 10.0. The van der Waals surface area contributed by atoms with E-state index in [9.17, 15) is 4.79 Å². The molecule has 1 spiro atoms. The third kappa shape index (κ3) is 2.14. The Bertz CT molecular complexity index is 502. The minimum atomic E-state index is -0.226. The highest BCUT2D eigenvalue weighted by molar-refractivity contribution is 5.92. The van der Waals surface area contributed by atoms with Gasteiger partial charge in [-0.2, -0.15) is 0 Å². The Kier molecular flexibility index (Phi) is 3.33. The lowest BCUT2D eigenvalue weighted by Crippen LogP contribution is -2.32. The van der Waals surface area contributed by atoms with E-state index in [4.69, 9.17) is 0 Å². The minimum Gasteiger partial charge on any atom is -0.321 e. The van der Waals surface area contributed by atoms with E-state index in [0.29, 0.717) is 11.8 Å². The molecular weight excluding hydrogens is 248 g/mol. The third-order valence-corrected chi connectivity index (χ3v) is 4.53. The normalized spacial score (nSPS) is 23.9. The summed E-state index contributed by atoms with van der Waals surface area (Å²) in [5.41, 5.74) is 2.33. The molecule has 1 N–H and O–H groups in total. The smallest absolute Gasteiger partial charge is 0.244 e. The van der Waals surface area contributed by atoms with E-state index in [1.54, 1.807) is 0 Å². The highest BCUT2D eigenvalue weighted by Crippen LogP contribution is 2.45. The molecule has 1 heterocycles. The van der Waals surface area contributed by atoms with Gasteiger partial charge < -0.3 is 4.90 Å². The van der Waals surface area contributed by atoms with Crippen LogP contribution < -0.4 is 5.32 Å². The second-order valence-electron chi connectivity index (χ2n) is 6.45. The number of benzene rings is 1. The Morgan fingerprint density at radius 3 is 2.45 bits per heavy atom. The topological polar surface area (TPSA) is 32.3 Å². The van der Waals surface area contributed by atoms with E-state index in [0.717, 1.165) is 25.8 Å². The summed E-state index contributed by atoms with van der Waals surface area (Å²) in [6.45, 7) is 7.37. The molecule has 0 radical (unpaired) electrons. The zero-order valence-corrected chi connectivity index (χ0v) is 12.6. The number of carbonyl (C=O) groups is 1. The maximum Gasteiger partial charge on any atom is 0.244 e. The van der Waals surface area contributed by atoms with Crippen LogP contribution in [0.3, 0.4) is 0 Å². The first-order chi connectivity index (χ1) is 9.57. The van der Waals surface area contributed by atoms with Crippen molar-refractivity contribution in [2.75, 3.05) is 6.54 Å². The van der Waals surface area contributed by atoms with Crippen molar-refractivity contribution in [3.05, 3.63) is 35.4 Å². The van der Waals surface area contributed by atoms with Crippen LogP contribution in [-0.4, -0.2) is 22.9 Å². The second kappa shape index (κ2) is 4.88. The van der Waals surface area contributed by atoms with Crippen molar-refractivity contribution in [1.82, 2.24) is 10.2 Å². The van der Waals surface area contributed by atoms with Crippen LogP contribution in [-0.2, 0) is 4.79 Å². The monoisotopic (exact) mass is 272 g/mol. The van der Waals surface area contributed by atoms with Crippen LogP contribution in [0.15, 0.2) is 24.3 Å². The van der Waals surface area contributed by atoms with Crippen LogP contribution >= 0.6 is 0 Å². The molecule has 1 aromatic rings. The standard InChI is InChI=1S/C17H24N2O/c1-4-11-19-15(18-17(9-10-17)16(19)20)14-7-5-13(6-8-14)12(2)3/h5-8,12,15,18H,4,9-11H2,1-3H3. The van der Waals surface area contributed by atoms with Gasteiger partial charge in [-0.05, 0) is 36.3 Å². The first kappa shape index (κ1) is 13.6. The predicted molar refractivity (Wildman–Crippen MR) is 80.4 cm³/mol. The highest BCUT2D eigenvalue weighted by Gasteiger charge is 2.59. The molecule has 2 fully saturated rings. The largest absolute Gasteiger partial charge is 0.321 e. The molecule has 1 saturated carbocycles. The molecule has 2 aliphatic rings. The van der Waals surface area contributed by atoms with Crippen molar-refractivity contribution in [1.29, 1.82) is 0 Å². The lowest BCUT2D eigenvalue weighted by molar-refractivity contribution is -0.130. The van der Waals surface area contributed by atoms with Gasteiger partial charge in [0.2, 0.25) is 5.91 Å². The van der Waals surface area contributed by atoms with Crippen molar-refractivity contribution in [2.45, 2.75) is 57.7 Å². The van der Waals surface area contributed by atoms with Crippen molar-refractivity contribution < 1.29 is 4.79 Å². The molecule has 1 aliphatic carbocycles. The Morgan fingerprint density at radius 1 is 1.30 bits per heavy atom. The van der Waals surface area contributed by atoms with Gasteiger partial charge in [0, 0.05) is 6.54 Å². The van der Waals surface area contributed by atoms with E-state index in [1.807, 2.05) is 4.90 Å². The quantitative estimate of drug-likeness (QED) is 0.913. The maximum atomic E-state index is 12.5. The zero-order valence-electron chi connectivity index (χ0n) is 12.6. The van der Waals surface area contributed by atoms with E-state index in [-0.39, 0.29) is 11.7 Å². The summed E-state index contributed by atoms with van der Waals surface area (Å²) >= 11 is 0. The summed E-state index contributed by atoms with van der Waals surface area (Å²) in [4.78, 5) is 14.5. The zero-order chi connectivity index (χ0) is 14.3. The summed E-state index contributed by atoms with van der Waals surface area (Å²) in [5, 5.41) is 3.57. The molecule has 1 aliphatic heterocycles. The van der Waals surface area contributed by atoms with Crippen molar-refractivity contribution >= 4 is 5.91 Å². The number of hydrogen-bond acceptors (Lipinski definition) is 2. The number of nitrogens with one attached hydrogen (secondary N) is 1. The average molecular weight is 272 g/mol. The van der Waals surface area contributed by atoms with Crippen LogP contribution in [0.2, 0.25) is 0 Å². The van der Waals surface area contributed by atoms with Gasteiger partial charge in [-0.25, -0.2) is 0 Å². The van der Waals surface area contributed by atoms with Crippen LogP contribution in [0.25, 0.3) is 0 Å². The summed E-state index contributed by atoms with van der Waals surface area (Å²) in [6, 6.07) is 8.72. The first-order valence-electron chi connectivity index (χ1n) is 7.76. The molecule has 20 heavy (non-hydrogen) atoms. The van der Waals surface area contributed by atoms with Crippen LogP contribution in [0.1, 0.15) is 63.2 Å². The molecule has 1 amide bonds. The molecule has 3 heteroatoms. The number of hydrogen-bond donors (Lipinski definition) is 1. The average Bonchev–Trinajstić information content (AvgIpc) is 3.17. The first-order valence-corrected chi connectivity index (χ1v) is 7.76. The van der Waals surface area contributed by atoms with Gasteiger partial charge in [-0.3, -0.25) is 10.1 Å². The molecule has 1 atom stereocenters. The summed E-state index contributed by atoms with van der Waals surface area (Å²) in [5.74, 6) is 0.848. The Balaban J connectivity index is 1.86. The number of nitrogens with zero attached hydrogens (tertiary/aromatic N) is 1. The molecule has 3 nitrogen and oxygen atoms in total. The van der Waals surface area contributed by atoms with Crippen molar-refractivity contribution in [2.24, 2.45) is 0 Å². The molecule has 0 aromatic heterocycles. The van der Waals surface area contributed by atoms with Crippen LogP contribution in [0.5, 0.6) is 0 Å². The second-order valence-corrected chi connectivity index (χ2v) is 6.45. The van der Waals surface area contributed by atoms with Crippen LogP contribution in [0, 0.1) is 0 Å². The summed E-state index contributed by atoms with van der Waals surface area (Å²) in [6.07, 6.45) is 3.05. The molecule has 1 saturated heterocycles. The molecule has 108 valence electrons. The van der Waals surface area contributed by atoms with Gasteiger partial charge >= 0.3 is 0 Å². The fraction of sp³-hybridized carbons (Fsp3) is 0.588. The fourth-order valence-corrected chi connectivity index (χ4v) is 3.07. The van der Waals surface area contributed by atoms with E-state index < -0.39 is 0 Å². The fourth-order valence-electron chi connectivity index (χ4n) is 3.07. The Morgan fingerprint density at radius 2 is 1.95 bits per heavy atom. The SMILES string of the molecule is CCCN1C(=O)C2(CC2)NC1c1ccc(C(C)C)cc1. The van der Waals surface area contributed by atoms with E-state index in [2.05, 4.69) is 50.4 Å². The van der Waals surface area contributed by atoms with Gasteiger partial charge in [0.25, 0.3) is 0 Å². The molecule has 1 unspecified atom stereocenters. The summed E-state index contributed by atoms with van der Waals surface area (Å²) < 4.78 is 0. The van der Waals surface area contributed by atoms with E-state index in [1.165, 1.54) is 11.1 Å². The van der Waals surface area contributed by atoms with Gasteiger partial charge in [-0.1, -0.05) is 45.0 Å².